The number of anilines is 1. The Kier molecular flexibility index (Phi) is 7.19. The average molecular weight is 576 g/mol. The summed E-state index contributed by atoms with van der Waals surface area (Å²) in [5, 5.41) is 11.2. The lowest BCUT2D eigenvalue weighted by Crippen LogP contribution is -2.61. The van der Waals surface area contributed by atoms with Crippen LogP contribution in [-0.2, 0) is 15.6 Å². The Morgan fingerprint density at radius 2 is 1.78 bits per heavy atom. The molecule has 216 valence electrons. The van der Waals surface area contributed by atoms with E-state index in [1.54, 1.807) is 10.6 Å². The van der Waals surface area contributed by atoms with Crippen molar-refractivity contribution in [1.82, 2.24) is 30.0 Å². The first-order valence-corrected chi connectivity index (χ1v) is 15.5. The summed E-state index contributed by atoms with van der Waals surface area (Å²) in [5.74, 6) is 0.103. The van der Waals surface area contributed by atoms with Crippen molar-refractivity contribution in [2.45, 2.75) is 74.9 Å². The Labute approximate surface area is 241 Å². The van der Waals surface area contributed by atoms with Gasteiger partial charge in [0, 0.05) is 42.8 Å². The molecule has 1 unspecified atom stereocenters. The number of carbonyl (C=O) groups is 1. The number of amides is 1. The molecule has 6 rings (SSSR count). The summed E-state index contributed by atoms with van der Waals surface area (Å²) in [6.07, 6.45) is 4.52. The highest BCUT2D eigenvalue weighted by atomic mass is 32.2. The van der Waals surface area contributed by atoms with Crippen molar-refractivity contribution in [2.75, 3.05) is 31.1 Å². The Balaban J connectivity index is 1.25. The van der Waals surface area contributed by atoms with Crippen molar-refractivity contribution < 1.29 is 9.00 Å². The number of aromatic amines is 1. The molecule has 0 spiro atoms. The van der Waals surface area contributed by atoms with E-state index >= 15 is 0 Å². The molecule has 1 saturated heterocycles. The summed E-state index contributed by atoms with van der Waals surface area (Å²) in [4.78, 5) is 35.5. The lowest BCUT2D eigenvalue weighted by molar-refractivity contribution is -0.132. The molecule has 2 aliphatic rings. The number of aryl methyl sites for hydroxylation is 2. The van der Waals surface area contributed by atoms with E-state index in [9.17, 15) is 13.8 Å². The quantitative estimate of drug-likeness (QED) is 0.362. The Bertz CT molecular complexity index is 1710. The molecule has 10 nitrogen and oxygen atoms in total. The number of nitrogens with one attached hydrogen (secondary N) is 2. The molecule has 2 fully saturated rings. The van der Waals surface area contributed by atoms with Gasteiger partial charge >= 0.3 is 0 Å². The topological polar surface area (TPSA) is 116 Å². The molecule has 1 aliphatic heterocycles. The van der Waals surface area contributed by atoms with Crippen LogP contribution in [0.1, 0.15) is 50.7 Å². The molecule has 2 N–H and O–H groups in total. The third-order valence-electron chi connectivity index (χ3n) is 8.70. The molecule has 3 heterocycles. The van der Waals surface area contributed by atoms with Crippen LogP contribution in [0, 0.1) is 13.8 Å². The Hall–Kier alpha value is -3.57. The first-order valence-electron chi connectivity index (χ1n) is 14.3. The maximum atomic E-state index is 13.5. The van der Waals surface area contributed by atoms with Crippen LogP contribution in [0.5, 0.6) is 0 Å². The van der Waals surface area contributed by atoms with E-state index in [4.69, 9.17) is 0 Å². The molecular formula is C30H37N7O3S. The second-order valence-electron chi connectivity index (χ2n) is 11.8. The number of aromatic nitrogens is 4. The number of benzene rings is 2. The summed E-state index contributed by atoms with van der Waals surface area (Å²) < 4.78 is 15.1. The first-order chi connectivity index (χ1) is 19.6. The van der Waals surface area contributed by atoms with Crippen LogP contribution in [-0.4, -0.2) is 72.6 Å². The summed E-state index contributed by atoms with van der Waals surface area (Å²) in [6.45, 7) is 10.9. The molecule has 2 aromatic heterocycles. The van der Waals surface area contributed by atoms with Crippen LogP contribution >= 0.6 is 0 Å². The van der Waals surface area contributed by atoms with Crippen molar-refractivity contribution in [3.8, 4) is 0 Å². The van der Waals surface area contributed by atoms with Crippen molar-refractivity contribution >= 4 is 38.9 Å². The van der Waals surface area contributed by atoms with Gasteiger partial charge in [0.2, 0.25) is 5.91 Å². The van der Waals surface area contributed by atoms with Crippen LogP contribution in [0.3, 0.4) is 0 Å². The smallest absolute Gasteiger partial charge is 0.281 e. The third kappa shape index (κ3) is 5.05. The standard InChI is InChI=1S/C30H37N7O3S/c1-19-9-12-25(20(2)17-19)41(40)28-26-32-27(38)23-11-10-22(18-24(23)37(26)34-33-28)35-13-15-36(16-14-35)30(3,4)29(39)31-21-7-5-6-8-21/h9-12,17-18,21,34H,5-8,13-16H2,1-4H3,(H,31,39). The largest absolute Gasteiger partial charge is 0.369 e. The van der Waals surface area contributed by atoms with Crippen LogP contribution in [0.15, 0.2) is 51.1 Å². The molecule has 11 heteroatoms. The number of piperazine rings is 1. The minimum atomic E-state index is -1.60. The monoisotopic (exact) mass is 575 g/mol. The van der Waals surface area contributed by atoms with Gasteiger partial charge in [-0.15, -0.1) is 5.10 Å². The second-order valence-corrected chi connectivity index (χ2v) is 13.2. The molecule has 2 aromatic carbocycles. The van der Waals surface area contributed by atoms with Gasteiger partial charge in [-0.05, 0) is 70.4 Å². The maximum absolute atomic E-state index is 13.5. The van der Waals surface area contributed by atoms with Crippen molar-refractivity contribution in [3.05, 3.63) is 57.9 Å². The molecular weight excluding hydrogens is 538 g/mol. The van der Waals surface area contributed by atoms with Crippen LogP contribution in [0.2, 0.25) is 0 Å². The molecule has 0 radical (unpaired) electrons. The zero-order valence-corrected chi connectivity index (χ0v) is 24.9. The third-order valence-corrected chi connectivity index (χ3v) is 10.2. The number of rotatable bonds is 6. The average Bonchev–Trinajstić information content (AvgIpc) is 3.63. The van der Waals surface area contributed by atoms with Gasteiger partial charge < -0.3 is 10.2 Å². The molecule has 1 amide bonds. The Morgan fingerprint density at radius 3 is 2.49 bits per heavy atom. The number of carbonyl (C=O) groups excluding carboxylic acids is 1. The predicted molar refractivity (Wildman–Crippen MR) is 160 cm³/mol. The minimum absolute atomic E-state index is 0.103. The second kappa shape index (κ2) is 10.7. The van der Waals surface area contributed by atoms with E-state index in [1.165, 1.54) is 12.8 Å². The normalized spacial score (nSPS) is 17.9. The van der Waals surface area contributed by atoms with Crippen molar-refractivity contribution in [3.63, 3.8) is 0 Å². The fourth-order valence-electron chi connectivity index (χ4n) is 6.13. The molecule has 1 atom stereocenters. The lowest BCUT2D eigenvalue weighted by Gasteiger charge is -2.44. The molecule has 1 aliphatic carbocycles. The predicted octanol–water partition coefficient (Wildman–Crippen LogP) is 3.31. The van der Waals surface area contributed by atoms with Crippen LogP contribution in [0.4, 0.5) is 5.69 Å². The van der Waals surface area contributed by atoms with E-state index in [0.717, 1.165) is 55.8 Å². The highest BCUT2D eigenvalue weighted by Crippen LogP contribution is 2.27. The molecule has 0 bridgehead atoms. The van der Waals surface area contributed by atoms with Gasteiger partial charge in [0.25, 0.3) is 5.56 Å². The zero-order valence-electron chi connectivity index (χ0n) is 24.1. The van der Waals surface area contributed by atoms with Gasteiger partial charge in [-0.1, -0.05) is 30.5 Å². The number of fused-ring (bicyclic) bond motifs is 3. The number of H-pyrrole nitrogens is 1. The minimum Gasteiger partial charge on any atom is -0.369 e. The van der Waals surface area contributed by atoms with Gasteiger partial charge in [-0.2, -0.15) is 4.98 Å². The SMILES string of the molecule is Cc1ccc(S(=O)c2n[nH]n3c2nc(=O)c2ccc(N4CCN(C(C)(C)C(=O)NC5CCCC5)CC4)cc23)c(C)c1. The number of hydrogen-bond donors (Lipinski definition) is 2. The van der Waals surface area contributed by atoms with Gasteiger partial charge in [-0.3, -0.25) is 14.5 Å². The van der Waals surface area contributed by atoms with Gasteiger partial charge in [0.1, 0.15) is 10.8 Å². The van der Waals surface area contributed by atoms with E-state index in [-0.39, 0.29) is 22.1 Å². The molecule has 1 saturated carbocycles. The molecule has 41 heavy (non-hydrogen) atoms. The van der Waals surface area contributed by atoms with E-state index in [2.05, 4.69) is 30.4 Å². The maximum Gasteiger partial charge on any atom is 0.281 e. The number of hydrogen-bond acceptors (Lipinski definition) is 7. The summed E-state index contributed by atoms with van der Waals surface area (Å²) >= 11 is 0. The summed E-state index contributed by atoms with van der Waals surface area (Å²) in [5.41, 5.74) is 2.88. The highest BCUT2D eigenvalue weighted by molar-refractivity contribution is 7.85. The molecule has 4 aromatic rings. The van der Waals surface area contributed by atoms with Crippen molar-refractivity contribution in [2.24, 2.45) is 0 Å². The Morgan fingerprint density at radius 1 is 1.05 bits per heavy atom. The van der Waals surface area contributed by atoms with Crippen molar-refractivity contribution in [1.29, 1.82) is 0 Å². The van der Waals surface area contributed by atoms with Crippen LogP contribution in [0.25, 0.3) is 16.6 Å². The van der Waals surface area contributed by atoms with Gasteiger partial charge in [0.05, 0.1) is 16.4 Å². The zero-order chi connectivity index (χ0) is 28.9. The summed E-state index contributed by atoms with van der Waals surface area (Å²) in [7, 11) is -1.60. The van der Waals surface area contributed by atoms with E-state index in [1.807, 2.05) is 58.0 Å². The first kappa shape index (κ1) is 27.6. The fourth-order valence-corrected chi connectivity index (χ4v) is 7.31. The highest BCUT2D eigenvalue weighted by Gasteiger charge is 2.37. The summed E-state index contributed by atoms with van der Waals surface area (Å²) in [6, 6.07) is 11.7. The van der Waals surface area contributed by atoms with Gasteiger partial charge in [0.15, 0.2) is 10.7 Å². The van der Waals surface area contributed by atoms with Crippen LogP contribution < -0.4 is 15.8 Å². The lowest BCUT2D eigenvalue weighted by atomic mass is 9.99. The van der Waals surface area contributed by atoms with E-state index < -0.39 is 16.3 Å². The number of nitrogens with zero attached hydrogens (tertiary/aromatic N) is 5. The van der Waals surface area contributed by atoms with E-state index in [0.29, 0.717) is 21.8 Å². The van der Waals surface area contributed by atoms with Gasteiger partial charge in [-0.25, -0.2) is 13.9 Å². The fraction of sp³-hybridized carbons (Fsp3) is 0.467.